The fourth-order valence-electron chi connectivity index (χ4n) is 2.16. The van der Waals surface area contributed by atoms with Crippen molar-refractivity contribution in [2.24, 2.45) is 5.92 Å². The lowest BCUT2D eigenvalue weighted by Gasteiger charge is -2.21. The Kier molecular flexibility index (Phi) is 6.05. The number of hydrogen-bond acceptors (Lipinski definition) is 4. The van der Waals surface area contributed by atoms with Gasteiger partial charge >= 0.3 is 0 Å². The predicted octanol–water partition coefficient (Wildman–Crippen LogP) is 2.62. The Labute approximate surface area is 145 Å². The summed E-state index contributed by atoms with van der Waals surface area (Å²) in [6.07, 6.45) is 1.47. The average Bonchev–Trinajstić information content (AvgIpc) is 2.60. The SMILES string of the molecule is COc1ccc(NC(=O)[C@@H](NC(=O)c2ccc(F)cc2)C(C)C)cn1. The summed E-state index contributed by atoms with van der Waals surface area (Å²) in [6.45, 7) is 3.64. The number of ether oxygens (including phenoxy) is 1. The van der Waals surface area contributed by atoms with Crippen LogP contribution in [0.4, 0.5) is 10.1 Å². The van der Waals surface area contributed by atoms with Crippen LogP contribution in [0.2, 0.25) is 0 Å². The lowest BCUT2D eigenvalue weighted by Crippen LogP contribution is -2.47. The molecule has 1 aromatic carbocycles. The highest BCUT2D eigenvalue weighted by Crippen LogP contribution is 2.13. The van der Waals surface area contributed by atoms with Gasteiger partial charge in [0.05, 0.1) is 19.0 Å². The van der Waals surface area contributed by atoms with Crippen molar-refractivity contribution in [3.05, 3.63) is 54.0 Å². The molecule has 0 radical (unpaired) electrons. The number of nitrogens with zero attached hydrogens (tertiary/aromatic N) is 1. The quantitative estimate of drug-likeness (QED) is 0.843. The fraction of sp³-hybridized carbons (Fsp3) is 0.278. The van der Waals surface area contributed by atoms with Gasteiger partial charge in [-0.25, -0.2) is 9.37 Å². The molecule has 7 heteroatoms. The maximum absolute atomic E-state index is 13.0. The molecular weight excluding hydrogens is 325 g/mol. The summed E-state index contributed by atoms with van der Waals surface area (Å²) < 4.78 is 17.9. The van der Waals surface area contributed by atoms with Gasteiger partial charge in [0.2, 0.25) is 11.8 Å². The third kappa shape index (κ3) is 5.00. The summed E-state index contributed by atoms with van der Waals surface area (Å²) in [4.78, 5) is 28.8. The normalized spacial score (nSPS) is 11.7. The largest absolute Gasteiger partial charge is 0.481 e. The third-order valence-corrected chi connectivity index (χ3v) is 3.56. The topological polar surface area (TPSA) is 80.3 Å². The van der Waals surface area contributed by atoms with Gasteiger partial charge in [0.1, 0.15) is 11.9 Å². The number of pyridine rings is 1. The average molecular weight is 345 g/mol. The van der Waals surface area contributed by atoms with Gasteiger partial charge in [-0.2, -0.15) is 0 Å². The number of hydrogen-bond donors (Lipinski definition) is 2. The molecule has 0 saturated heterocycles. The molecule has 6 nitrogen and oxygen atoms in total. The Hall–Kier alpha value is -2.96. The first kappa shape index (κ1) is 18.4. The minimum Gasteiger partial charge on any atom is -0.481 e. The summed E-state index contributed by atoms with van der Waals surface area (Å²) in [5, 5.41) is 5.39. The lowest BCUT2D eigenvalue weighted by molar-refractivity contribution is -0.118. The van der Waals surface area contributed by atoms with Crippen molar-refractivity contribution in [1.29, 1.82) is 0 Å². The Morgan fingerprint density at radius 1 is 1.12 bits per heavy atom. The van der Waals surface area contributed by atoms with E-state index in [1.807, 2.05) is 13.8 Å². The van der Waals surface area contributed by atoms with Crippen LogP contribution in [0.15, 0.2) is 42.6 Å². The highest BCUT2D eigenvalue weighted by atomic mass is 19.1. The number of anilines is 1. The molecule has 1 aromatic heterocycles. The number of aromatic nitrogens is 1. The monoisotopic (exact) mass is 345 g/mol. The van der Waals surface area contributed by atoms with Gasteiger partial charge in [-0.05, 0) is 36.2 Å². The van der Waals surface area contributed by atoms with Crippen LogP contribution in [0.1, 0.15) is 24.2 Å². The van der Waals surface area contributed by atoms with Crippen LogP contribution in [0.25, 0.3) is 0 Å². The van der Waals surface area contributed by atoms with E-state index in [-0.39, 0.29) is 17.4 Å². The molecule has 0 bridgehead atoms. The number of halogens is 1. The minimum atomic E-state index is -0.750. The van der Waals surface area contributed by atoms with E-state index in [1.165, 1.54) is 37.6 Å². The van der Waals surface area contributed by atoms with E-state index in [9.17, 15) is 14.0 Å². The van der Waals surface area contributed by atoms with Crippen LogP contribution < -0.4 is 15.4 Å². The Morgan fingerprint density at radius 3 is 2.32 bits per heavy atom. The van der Waals surface area contributed by atoms with E-state index in [0.717, 1.165) is 0 Å². The van der Waals surface area contributed by atoms with Gasteiger partial charge in [-0.1, -0.05) is 13.8 Å². The maximum Gasteiger partial charge on any atom is 0.251 e. The van der Waals surface area contributed by atoms with E-state index in [2.05, 4.69) is 15.6 Å². The lowest BCUT2D eigenvalue weighted by atomic mass is 10.0. The van der Waals surface area contributed by atoms with Gasteiger partial charge in [0.25, 0.3) is 5.91 Å². The number of amides is 2. The van der Waals surface area contributed by atoms with Gasteiger partial charge in [0, 0.05) is 11.6 Å². The molecule has 2 amide bonds. The molecule has 1 atom stereocenters. The fourth-order valence-corrected chi connectivity index (χ4v) is 2.16. The van der Waals surface area contributed by atoms with Crippen molar-refractivity contribution in [2.45, 2.75) is 19.9 Å². The summed E-state index contributed by atoms with van der Waals surface area (Å²) in [5.74, 6) is -0.945. The number of carbonyl (C=O) groups excluding carboxylic acids is 2. The standard InChI is InChI=1S/C18H20FN3O3/c1-11(2)16(22-17(23)12-4-6-13(19)7-5-12)18(24)21-14-8-9-15(25-3)20-10-14/h4-11,16H,1-3H3,(H,21,24)(H,22,23)/t16-/m0/s1. The van der Waals surface area contributed by atoms with E-state index < -0.39 is 17.8 Å². The van der Waals surface area contributed by atoms with Crippen LogP contribution in [-0.4, -0.2) is 29.9 Å². The van der Waals surface area contributed by atoms with Crippen molar-refractivity contribution in [3.63, 3.8) is 0 Å². The molecule has 2 N–H and O–H groups in total. The molecule has 1 heterocycles. The first-order valence-electron chi connectivity index (χ1n) is 7.78. The zero-order valence-corrected chi connectivity index (χ0v) is 14.2. The molecule has 0 fully saturated rings. The second-order valence-corrected chi connectivity index (χ2v) is 5.78. The summed E-state index contributed by atoms with van der Waals surface area (Å²) in [7, 11) is 1.50. The molecule has 0 spiro atoms. The van der Waals surface area contributed by atoms with Crippen LogP contribution >= 0.6 is 0 Å². The third-order valence-electron chi connectivity index (χ3n) is 3.56. The Bertz CT molecular complexity index is 730. The van der Waals surface area contributed by atoms with E-state index in [1.54, 1.807) is 12.1 Å². The van der Waals surface area contributed by atoms with Gasteiger partial charge in [0.15, 0.2) is 0 Å². The summed E-state index contributed by atoms with van der Waals surface area (Å²) in [6, 6.07) is 7.66. The first-order chi connectivity index (χ1) is 11.9. The molecule has 132 valence electrons. The number of nitrogens with one attached hydrogen (secondary N) is 2. The van der Waals surface area contributed by atoms with E-state index in [0.29, 0.717) is 11.6 Å². The molecule has 0 aliphatic carbocycles. The maximum atomic E-state index is 13.0. The van der Waals surface area contributed by atoms with Crippen molar-refractivity contribution < 1.29 is 18.7 Å². The molecule has 2 aromatic rings. The highest BCUT2D eigenvalue weighted by molar-refractivity contribution is 6.01. The van der Waals surface area contributed by atoms with Crippen LogP contribution in [0.3, 0.4) is 0 Å². The molecule has 2 rings (SSSR count). The smallest absolute Gasteiger partial charge is 0.251 e. The highest BCUT2D eigenvalue weighted by Gasteiger charge is 2.25. The minimum absolute atomic E-state index is 0.143. The number of carbonyl (C=O) groups is 2. The Morgan fingerprint density at radius 2 is 1.80 bits per heavy atom. The molecule has 0 saturated carbocycles. The molecule has 25 heavy (non-hydrogen) atoms. The first-order valence-corrected chi connectivity index (χ1v) is 7.78. The molecule has 0 aliphatic rings. The second kappa shape index (κ2) is 8.23. The van der Waals surface area contributed by atoms with Gasteiger partial charge in [-0.3, -0.25) is 9.59 Å². The van der Waals surface area contributed by atoms with Crippen LogP contribution in [0.5, 0.6) is 5.88 Å². The Balaban J connectivity index is 2.06. The number of benzene rings is 1. The van der Waals surface area contributed by atoms with Crippen molar-refractivity contribution in [1.82, 2.24) is 10.3 Å². The summed E-state index contributed by atoms with van der Waals surface area (Å²) >= 11 is 0. The van der Waals surface area contributed by atoms with Crippen molar-refractivity contribution in [3.8, 4) is 5.88 Å². The molecule has 0 aliphatic heterocycles. The second-order valence-electron chi connectivity index (χ2n) is 5.78. The van der Waals surface area contributed by atoms with Crippen LogP contribution in [-0.2, 0) is 4.79 Å². The predicted molar refractivity (Wildman–Crippen MR) is 91.9 cm³/mol. The zero-order valence-electron chi connectivity index (χ0n) is 14.2. The zero-order chi connectivity index (χ0) is 18.4. The number of rotatable bonds is 6. The van der Waals surface area contributed by atoms with E-state index >= 15 is 0 Å². The molecule has 0 unspecified atom stereocenters. The van der Waals surface area contributed by atoms with E-state index in [4.69, 9.17) is 4.74 Å². The number of methoxy groups -OCH3 is 1. The van der Waals surface area contributed by atoms with Gasteiger partial charge < -0.3 is 15.4 Å². The summed E-state index contributed by atoms with van der Waals surface area (Å²) in [5.41, 5.74) is 0.776. The van der Waals surface area contributed by atoms with Crippen LogP contribution in [0, 0.1) is 11.7 Å². The van der Waals surface area contributed by atoms with Crippen molar-refractivity contribution in [2.75, 3.05) is 12.4 Å². The van der Waals surface area contributed by atoms with Crippen molar-refractivity contribution >= 4 is 17.5 Å². The van der Waals surface area contributed by atoms with Gasteiger partial charge in [-0.15, -0.1) is 0 Å². The molecular formula is C18H20FN3O3.